The van der Waals surface area contributed by atoms with Crippen LogP contribution in [0.15, 0.2) is 0 Å². The summed E-state index contributed by atoms with van der Waals surface area (Å²) >= 11 is 0. The van der Waals surface area contributed by atoms with Crippen molar-refractivity contribution in [2.45, 2.75) is 27.7 Å². The van der Waals surface area contributed by atoms with E-state index in [9.17, 15) is 9.59 Å². The predicted molar refractivity (Wildman–Crippen MR) is 52.4 cm³/mol. The number of nitrogens with one attached hydrogen (secondary N) is 1. The van der Waals surface area contributed by atoms with Gasteiger partial charge in [0.1, 0.15) is 0 Å². The molecule has 2 amide bonds. The molecule has 0 atom stereocenters. The average molecular weight is 202 g/mol. The summed E-state index contributed by atoms with van der Waals surface area (Å²) in [4.78, 5) is 26.8. The summed E-state index contributed by atoms with van der Waals surface area (Å²) in [6, 6.07) is 0. The molecule has 0 rings (SSSR count). The second kappa shape index (κ2) is 4.83. The third kappa shape index (κ3) is 5.40. The van der Waals surface area contributed by atoms with E-state index in [-0.39, 0.29) is 11.3 Å². The lowest BCUT2D eigenvalue weighted by atomic mass is 9.97. The summed E-state index contributed by atoms with van der Waals surface area (Å²) < 4.78 is 0. The Morgan fingerprint density at radius 2 is 1.86 bits per heavy atom. The van der Waals surface area contributed by atoms with Crippen LogP contribution in [0.25, 0.3) is 0 Å². The average Bonchev–Trinajstić information content (AvgIpc) is 2.00. The first kappa shape index (κ1) is 12.7. The van der Waals surface area contributed by atoms with Gasteiger partial charge in [0.15, 0.2) is 0 Å². The van der Waals surface area contributed by atoms with Crippen molar-refractivity contribution >= 4 is 12.0 Å². The van der Waals surface area contributed by atoms with E-state index in [4.69, 9.17) is 4.84 Å². The second-order valence-electron chi connectivity index (χ2n) is 4.25. The molecule has 0 radical (unpaired) electrons. The highest BCUT2D eigenvalue weighted by molar-refractivity contribution is 5.75. The Hall–Kier alpha value is -1.26. The first-order chi connectivity index (χ1) is 6.26. The minimum absolute atomic E-state index is 0.111. The standard InChI is InChI=1S/C9H18N2O3/c1-7(12)11(6-9(2,3)4)14-8(13)10-5/h6H2,1-5H3,(H,10,13). The van der Waals surface area contributed by atoms with Crippen molar-refractivity contribution < 1.29 is 14.4 Å². The Kier molecular flexibility index (Phi) is 4.40. The van der Waals surface area contributed by atoms with Crippen LogP contribution in [0.2, 0.25) is 0 Å². The molecule has 0 spiro atoms. The molecule has 0 heterocycles. The number of hydrogen-bond donors (Lipinski definition) is 1. The van der Waals surface area contributed by atoms with Gasteiger partial charge in [0.2, 0.25) is 0 Å². The summed E-state index contributed by atoms with van der Waals surface area (Å²) in [5.74, 6) is -0.288. The number of carbonyl (C=O) groups excluding carboxylic acids is 2. The van der Waals surface area contributed by atoms with Crippen molar-refractivity contribution in [2.75, 3.05) is 13.6 Å². The lowest BCUT2D eigenvalue weighted by molar-refractivity contribution is -0.168. The molecule has 0 aromatic rings. The Morgan fingerprint density at radius 1 is 1.36 bits per heavy atom. The zero-order valence-corrected chi connectivity index (χ0v) is 9.38. The van der Waals surface area contributed by atoms with E-state index in [2.05, 4.69) is 5.32 Å². The van der Waals surface area contributed by atoms with Crippen LogP contribution >= 0.6 is 0 Å². The Bertz CT molecular complexity index is 221. The largest absolute Gasteiger partial charge is 0.431 e. The monoisotopic (exact) mass is 202 g/mol. The maximum Gasteiger partial charge on any atom is 0.431 e. The molecule has 0 aromatic carbocycles. The van der Waals surface area contributed by atoms with Gasteiger partial charge in [-0.25, -0.2) is 4.79 Å². The highest BCUT2D eigenvalue weighted by atomic mass is 16.7. The first-order valence-electron chi connectivity index (χ1n) is 4.44. The molecule has 0 aliphatic heterocycles. The van der Waals surface area contributed by atoms with Gasteiger partial charge in [-0.2, -0.15) is 5.06 Å². The van der Waals surface area contributed by atoms with Crippen LogP contribution in [-0.4, -0.2) is 30.7 Å². The van der Waals surface area contributed by atoms with Gasteiger partial charge in [0.05, 0.1) is 6.54 Å². The van der Waals surface area contributed by atoms with Crippen LogP contribution in [0.3, 0.4) is 0 Å². The van der Waals surface area contributed by atoms with E-state index in [0.717, 1.165) is 5.06 Å². The van der Waals surface area contributed by atoms with Gasteiger partial charge < -0.3 is 10.2 Å². The van der Waals surface area contributed by atoms with Crippen molar-refractivity contribution in [3.63, 3.8) is 0 Å². The number of nitrogens with zero attached hydrogens (tertiary/aromatic N) is 1. The molecule has 0 bridgehead atoms. The third-order valence-corrected chi connectivity index (χ3v) is 1.37. The van der Waals surface area contributed by atoms with Crippen molar-refractivity contribution in [3.8, 4) is 0 Å². The van der Waals surface area contributed by atoms with Crippen LogP contribution in [0.1, 0.15) is 27.7 Å². The van der Waals surface area contributed by atoms with E-state index in [1.807, 2.05) is 20.8 Å². The molecule has 0 unspecified atom stereocenters. The van der Waals surface area contributed by atoms with Gasteiger partial charge in [-0.05, 0) is 5.41 Å². The molecular weight excluding hydrogens is 184 g/mol. The quantitative estimate of drug-likeness (QED) is 0.649. The molecular formula is C9H18N2O3. The molecule has 0 aliphatic carbocycles. The maximum atomic E-state index is 11.1. The number of amides is 2. The van der Waals surface area contributed by atoms with E-state index in [1.165, 1.54) is 14.0 Å². The zero-order chi connectivity index (χ0) is 11.4. The minimum Gasteiger partial charge on any atom is -0.323 e. The van der Waals surface area contributed by atoms with Crippen molar-refractivity contribution in [3.05, 3.63) is 0 Å². The molecule has 0 aliphatic rings. The summed E-state index contributed by atoms with van der Waals surface area (Å²) in [5, 5.41) is 3.34. The molecule has 5 heteroatoms. The highest BCUT2D eigenvalue weighted by Crippen LogP contribution is 2.15. The molecule has 0 saturated carbocycles. The van der Waals surface area contributed by atoms with Gasteiger partial charge in [-0.15, -0.1) is 0 Å². The Balaban J connectivity index is 4.31. The molecule has 82 valence electrons. The van der Waals surface area contributed by atoms with Gasteiger partial charge in [-0.1, -0.05) is 20.8 Å². The number of rotatable bonds is 1. The lowest BCUT2D eigenvalue weighted by Crippen LogP contribution is -2.40. The Labute approximate surface area is 84.4 Å². The minimum atomic E-state index is -0.635. The topological polar surface area (TPSA) is 58.6 Å². The van der Waals surface area contributed by atoms with Gasteiger partial charge in [0, 0.05) is 14.0 Å². The second-order valence-corrected chi connectivity index (χ2v) is 4.25. The van der Waals surface area contributed by atoms with Crippen LogP contribution in [0, 0.1) is 5.41 Å². The Morgan fingerprint density at radius 3 is 2.14 bits per heavy atom. The molecule has 1 N–H and O–H groups in total. The fraction of sp³-hybridized carbons (Fsp3) is 0.778. The van der Waals surface area contributed by atoms with Crippen LogP contribution in [0.4, 0.5) is 4.79 Å². The van der Waals surface area contributed by atoms with Gasteiger partial charge in [-0.3, -0.25) is 4.79 Å². The number of hydroxylamine groups is 2. The van der Waals surface area contributed by atoms with Gasteiger partial charge in [0.25, 0.3) is 5.91 Å². The SMILES string of the molecule is CNC(=O)ON(CC(C)(C)C)C(C)=O. The molecule has 0 fully saturated rings. The lowest BCUT2D eigenvalue weighted by Gasteiger charge is -2.26. The number of hydrogen-bond acceptors (Lipinski definition) is 3. The summed E-state index contributed by atoms with van der Waals surface area (Å²) in [5.41, 5.74) is -0.111. The van der Waals surface area contributed by atoms with Crippen LogP contribution in [0.5, 0.6) is 0 Å². The summed E-state index contributed by atoms with van der Waals surface area (Å²) in [6.07, 6.45) is -0.635. The van der Waals surface area contributed by atoms with Crippen molar-refractivity contribution in [1.82, 2.24) is 10.4 Å². The van der Waals surface area contributed by atoms with Crippen molar-refractivity contribution in [2.24, 2.45) is 5.41 Å². The van der Waals surface area contributed by atoms with E-state index in [1.54, 1.807) is 0 Å². The van der Waals surface area contributed by atoms with E-state index < -0.39 is 6.09 Å². The van der Waals surface area contributed by atoms with E-state index in [0.29, 0.717) is 6.54 Å². The van der Waals surface area contributed by atoms with Gasteiger partial charge >= 0.3 is 6.09 Å². The fourth-order valence-electron chi connectivity index (χ4n) is 0.784. The summed E-state index contributed by atoms with van der Waals surface area (Å²) in [6.45, 7) is 7.59. The molecule has 0 aromatic heterocycles. The number of carbonyl (C=O) groups is 2. The predicted octanol–water partition coefficient (Wildman–Crippen LogP) is 1.15. The third-order valence-electron chi connectivity index (χ3n) is 1.37. The fourth-order valence-corrected chi connectivity index (χ4v) is 0.784. The normalized spacial score (nSPS) is 10.6. The van der Waals surface area contributed by atoms with Crippen molar-refractivity contribution in [1.29, 1.82) is 0 Å². The maximum absolute atomic E-state index is 11.1. The van der Waals surface area contributed by atoms with E-state index >= 15 is 0 Å². The van der Waals surface area contributed by atoms with Crippen LogP contribution < -0.4 is 5.32 Å². The zero-order valence-electron chi connectivity index (χ0n) is 9.38. The van der Waals surface area contributed by atoms with Crippen LogP contribution in [-0.2, 0) is 9.63 Å². The highest BCUT2D eigenvalue weighted by Gasteiger charge is 2.21. The molecule has 14 heavy (non-hydrogen) atoms. The molecule has 0 saturated heterocycles. The first-order valence-corrected chi connectivity index (χ1v) is 4.44. The smallest absolute Gasteiger partial charge is 0.323 e. The summed E-state index contributed by atoms with van der Waals surface area (Å²) in [7, 11) is 1.44. The molecule has 5 nitrogen and oxygen atoms in total.